The summed E-state index contributed by atoms with van der Waals surface area (Å²) in [6.45, 7) is 0. The Kier molecular flexibility index (Phi) is 24.2. The molecule has 0 bridgehead atoms. The number of rotatable bonds is 19. The molecule has 26 rings (SSSR count). The van der Waals surface area contributed by atoms with Crippen molar-refractivity contribution in [3.05, 3.63) is 615 Å². The monoisotopic (exact) mass is 1940 g/mol. The zero-order chi connectivity index (χ0) is 99.7. The summed E-state index contributed by atoms with van der Waals surface area (Å²) in [6.07, 6.45) is 0. The summed E-state index contributed by atoms with van der Waals surface area (Å²) in [7, 11) is -5.87. The van der Waals surface area contributed by atoms with Crippen LogP contribution in [0.3, 0.4) is 0 Å². The highest BCUT2D eigenvalue weighted by atomic mass is 32.2. The number of anilines is 11. The van der Waals surface area contributed by atoms with Gasteiger partial charge in [-0.3, -0.25) is 0 Å². The molecule has 0 saturated carbocycles. The summed E-state index contributed by atoms with van der Waals surface area (Å²) in [5.74, 6) is -0.439. The third kappa shape index (κ3) is 16.8. The molecule has 4 heterocycles. The number of hydrogen-bond donors (Lipinski definition) is 1. The first kappa shape index (κ1) is 91.6. The quantitative estimate of drug-likeness (QED) is 0.0639. The minimum absolute atomic E-state index is 0.439. The van der Waals surface area contributed by atoms with Crippen LogP contribution in [0.1, 0.15) is 44.5 Å². The van der Waals surface area contributed by atoms with Crippen molar-refractivity contribution in [2.24, 2.45) is 0 Å². The second-order valence-electron chi connectivity index (χ2n) is 37.0. The Hall–Kier alpha value is -18.8. The van der Waals surface area contributed by atoms with E-state index in [1.54, 1.807) is 6.07 Å². The zero-order valence-electron chi connectivity index (χ0n) is 80.3. The number of halogens is 3. The van der Waals surface area contributed by atoms with Gasteiger partial charge in [-0.15, -0.1) is 0 Å². The number of fused-ring (bicyclic) bond motifs is 10. The van der Waals surface area contributed by atoms with Crippen LogP contribution in [0.2, 0.25) is 0 Å². The smallest absolute Gasteiger partial charge is 0.376 e. The van der Waals surface area contributed by atoms with Gasteiger partial charge in [-0.05, 0) is 253 Å². The van der Waals surface area contributed by atoms with Crippen molar-refractivity contribution in [3.63, 3.8) is 0 Å². The fraction of sp³-hybridized carbons (Fsp3) is 0.0222. The van der Waals surface area contributed by atoms with Gasteiger partial charge in [-0.2, -0.15) is 21.6 Å². The minimum atomic E-state index is -5.87. The van der Waals surface area contributed by atoms with Gasteiger partial charge >= 0.3 is 15.6 Å². The van der Waals surface area contributed by atoms with Crippen LogP contribution < -0.4 is 24.2 Å². The van der Waals surface area contributed by atoms with E-state index in [0.717, 1.165) is 90.4 Å². The Morgan fingerprint density at radius 2 is 0.507 bits per heavy atom. The average molecular weight is 1940 g/mol. The van der Waals surface area contributed by atoms with Crippen LogP contribution in [0.15, 0.2) is 570 Å². The van der Waals surface area contributed by atoms with E-state index in [1.165, 1.54) is 123 Å². The molecular weight excluding hydrogens is 1840 g/mol. The summed E-state index contributed by atoms with van der Waals surface area (Å²) in [6, 6.07) is 199. The van der Waals surface area contributed by atoms with Crippen molar-refractivity contribution in [2.45, 2.75) is 16.3 Å². The van der Waals surface area contributed by atoms with E-state index in [1.807, 2.05) is 126 Å². The number of para-hydroxylation sites is 8. The average Bonchev–Trinajstić information content (AvgIpc) is 1.62. The lowest BCUT2D eigenvalue weighted by Gasteiger charge is -2.47. The standard InChI is InChI=1S/C67H47N3.C36H26N2.C32H22F3NO3S/c1-6-20-48(21-7-1)49-34-39-56(40-35-49)68(57-41-36-50(37-42-57)51-38-45-64-60(46-51)59-30-16-18-32-63(59)69(64)54-26-12-4-13-27-54)58-43-44-62-66(47-58)70(55-28-14-5-15-29-55)65-33-19-17-31-61(65)67(62,52-22-8-2-9-23-52)53-24-10-3-11-25-53;1-3-9-26(10-4-1)27-15-20-30(21-16-27)37-31-22-17-28(18-23-31)29-19-24-36-34(25-29)33-13-7-8-14-35(33)38(36)32-11-5-2-6-12-32;33-32(34,35)40(37,38)39-26-20-21-28-30(22-26)36(25-16-8-3-9-17-25)29-19-11-10-18-27(29)31(28,23-12-4-1-5-13-23)24-14-6-2-7-15-24/h1-47H;1-25,37H;1-22H. The number of aromatic nitrogens is 2. The molecule has 9 nitrogen and oxygen atoms in total. The van der Waals surface area contributed by atoms with Gasteiger partial charge in [0.15, 0.2) is 0 Å². The molecule has 1 N–H and O–H groups in total. The van der Waals surface area contributed by atoms with Crippen molar-refractivity contribution >= 4 is 116 Å². The van der Waals surface area contributed by atoms with Crippen molar-refractivity contribution in [1.82, 2.24) is 9.13 Å². The third-order valence-electron chi connectivity index (χ3n) is 28.5. The van der Waals surface area contributed by atoms with E-state index in [-0.39, 0.29) is 0 Å². The first-order chi connectivity index (χ1) is 72.8. The van der Waals surface area contributed by atoms with E-state index in [2.05, 4.69) is 459 Å². The summed E-state index contributed by atoms with van der Waals surface area (Å²) in [5, 5.41) is 8.55. The summed E-state index contributed by atoms with van der Waals surface area (Å²) >= 11 is 0. The molecule has 13 heteroatoms. The fourth-order valence-electron chi connectivity index (χ4n) is 22.0. The van der Waals surface area contributed by atoms with E-state index in [4.69, 9.17) is 0 Å². The molecule has 2 aliphatic heterocycles. The van der Waals surface area contributed by atoms with Gasteiger partial charge in [0.25, 0.3) is 0 Å². The van der Waals surface area contributed by atoms with Gasteiger partial charge in [0, 0.05) is 78.8 Å². The van der Waals surface area contributed by atoms with Crippen molar-refractivity contribution in [3.8, 4) is 61.6 Å². The van der Waals surface area contributed by atoms with Crippen molar-refractivity contribution < 1.29 is 25.8 Å². The largest absolute Gasteiger partial charge is 0.534 e. The Bertz CT molecular complexity index is 8960. The minimum Gasteiger partial charge on any atom is -0.376 e. The Morgan fingerprint density at radius 1 is 0.230 bits per heavy atom. The topological polar surface area (TPSA) is 75.0 Å². The maximum atomic E-state index is 13.2. The van der Waals surface area contributed by atoms with E-state index < -0.39 is 32.2 Å². The molecule has 0 aliphatic carbocycles. The molecule has 0 unspecified atom stereocenters. The van der Waals surface area contributed by atoms with Crippen LogP contribution in [0.5, 0.6) is 5.75 Å². The second kappa shape index (κ2) is 39.1. The Balaban J connectivity index is 0.000000128. The summed E-state index contributed by atoms with van der Waals surface area (Å²) in [4.78, 5) is 6.79. The second-order valence-corrected chi connectivity index (χ2v) is 38.5. The maximum Gasteiger partial charge on any atom is 0.534 e. The fourth-order valence-corrected chi connectivity index (χ4v) is 22.4. The first-order valence-electron chi connectivity index (χ1n) is 49.5. The molecule has 0 saturated heterocycles. The lowest BCUT2D eigenvalue weighted by Crippen LogP contribution is -2.37. The maximum absolute atomic E-state index is 13.2. The number of alkyl halides is 3. The Labute approximate surface area is 857 Å². The lowest BCUT2D eigenvalue weighted by atomic mass is 9.62. The first-order valence-corrected chi connectivity index (χ1v) is 50.9. The highest BCUT2D eigenvalue weighted by Crippen LogP contribution is 2.62. The van der Waals surface area contributed by atoms with E-state index >= 15 is 0 Å². The van der Waals surface area contributed by atoms with Gasteiger partial charge in [-0.25, -0.2) is 0 Å². The molecule has 148 heavy (non-hydrogen) atoms. The van der Waals surface area contributed by atoms with Crippen molar-refractivity contribution in [1.29, 1.82) is 0 Å². The third-order valence-corrected chi connectivity index (χ3v) is 29.5. The van der Waals surface area contributed by atoms with Crippen LogP contribution in [-0.4, -0.2) is 23.1 Å². The predicted octanol–water partition coefficient (Wildman–Crippen LogP) is 35.7. The van der Waals surface area contributed by atoms with Gasteiger partial charge in [0.1, 0.15) is 5.75 Å². The number of benzene rings is 22. The highest BCUT2D eigenvalue weighted by Gasteiger charge is 2.51. The molecule has 0 spiro atoms. The normalized spacial score (nSPS) is 12.7. The van der Waals surface area contributed by atoms with Crippen LogP contribution >= 0.6 is 0 Å². The Morgan fingerprint density at radius 3 is 0.885 bits per heavy atom. The van der Waals surface area contributed by atoms with Gasteiger partial charge in [0.2, 0.25) is 0 Å². The number of hydrogen-bond acceptors (Lipinski definition) is 7. The zero-order valence-corrected chi connectivity index (χ0v) is 81.1. The number of nitrogens with one attached hydrogen (secondary N) is 1. The molecule has 2 aliphatic rings. The van der Waals surface area contributed by atoms with Gasteiger partial charge < -0.3 is 33.3 Å². The summed E-state index contributed by atoms with van der Waals surface area (Å²) in [5.41, 5.74) is 29.0. The van der Waals surface area contributed by atoms with Crippen molar-refractivity contribution in [2.75, 3.05) is 20.0 Å². The van der Waals surface area contributed by atoms with Crippen LogP contribution in [-0.2, 0) is 20.9 Å². The molecule has 0 fully saturated rings. The predicted molar refractivity (Wildman–Crippen MR) is 603 cm³/mol. The molecule has 0 atom stereocenters. The highest BCUT2D eigenvalue weighted by molar-refractivity contribution is 7.88. The summed E-state index contributed by atoms with van der Waals surface area (Å²) < 4.78 is 72.9. The van der Waals surface area contributed by atoms with Gasteiger partial charge in [0.05, 0.1) is 55.6 Å². The molecule has 24 aromatic rings. The molecular formula is C135H95F3N6O3S. The molecule has 22 aromatic carbocycles. The van der Waals surface area contributed by atoms with Crippen LogP contribution in [0, 0.1) is 0 Å². The molecule has 0 radical (unpaired) electrons. The SMILES string of the molecule is O=S(=O)(Oc1ccc2c(c1)N(c1ccccc1)c1ccccc1C2(c1ccccc1)c1ccccc1)C(F)(F)F.c1ccc(-c2ccc(N(c3ccc(-c4ccc5c(c4)c4ccccc4n5-c4ccccc4)cc3)c3ccc4c(c3)N(c3ccccc3)c3ccccc3C4(c3ccccc3)c3ccccc3)cc2)cc1.c1ccc(-c2ccc(Nc3ccc(-c4ccc5c(c4)c4ccccc4n5-c4ccccc4)cc3)cc2)cc1. The van der Waals surface area contributed by atoms with E-state index in [0.29, 0.717) is 5.69 Å². The van der Waals surface area contributed by atoms with Gasteiger partial charge in [-0.1, -0.05) is 400 Å². The molecule has 0 amide bonds. The lowest BCUT2D eigenvalue weighted by molar-refractivity contribution is -0.0500. The molecule has 710 valence electrons. The molecule has 2 aromatic heterocycles. The van der Waals surface area contributed by atoms with E-state index in [9.17, 15) is 21.6 Å². The van der Waals surface area contributed by atoms with Crippen LogP contribution in [0.25, 0.3) is 99.5 Å². The van der Waals surface area contributed by atoms with Crippen LogP contribution in [0.4, 0.5) is 75.7 Å². The number of nitrogens with zero attached hydrogens (tertiary/aromatic N) is 5.